The summed E-state index contributed by atoms with van der Waals surface area (Å²) < 4.78 is 0. The molecule has 2 aromatic heterocycles. The van der Waals surface area contributed by atoms with Gasteiger partial charge in [-0.3, -0.25) is 0 Å². The molecule has 0 aliphatic carbocycles. The molecule has 0 spiro atoms. The fourth-order valence-corrected chi connectivity index (χ4v) is 0.647. The molecule has 13 heteroatoms. The molecule has 0 aliphatic heterocycles. The molecule has 25 heavy (non-hydrogen) atoms. The topological polar surface area (TPSA) is 220 Å². The van der Waals surface area contributed by atoms with Crippen LogP contribution in [0.3, 0.4) is 0 Å². The van der Waals surface area contributed by atoms with Crippen LogP contribution < -0.4 is 11.5 Å². The zero-order chi connectivity index (χ0) is 18.5. The number of nitrogen functional groups attached to an aromatic ring is 2. The molecule has 1 radical (unpaired) electrons. The van der Waals surface area contributed by atoms with Crippen LogP contribution in [0.1, 0.15) is 0 Å². The van der Waals surface area contributed by atoms with Crippen molar-refractivity contribution in [3.05, 3.63) is 48.0 Å². The summed E-state index contributed by atoms with van der Waals surface area (Å²) in [4.78, 5) is 19.8. The van der Waals surface area contributed by atoms with E-state index in [-0.39, 0.29) is 17.1 Å². The van der Waals surface area contributed by atoms with Crippen LogP contribution in [-0.4, -0.2) is 32.0 Å². The predicted octanol–water partition coefficient (Wildman–Crippen LogP) is 0.537. The van der Waals surface area contributed by atoms with Gasteiger partial charge in [-0.2, -0.15) is 10.5 Å². The third-order valence-electron chi connectivity index (χ3n) is 1.41. The average molecular weight is 386 g/mol. The Labute approximate surface area is 153 Å². The van der Waals surface area contributed by atoms with E-state index < -0.39 is 0 Å². The van der Waals surface area contributed by atoms with Crippen molar-refractivity contribution in [1.29, 1.82) is 10.5 Å². The fourth-order valence-electron chi connectivity index (χ4n) is 0.647. The van der Waals surface area contributed by atoms with Gasteiger partial charge in [0, 0.05) is 12.4 Å². The van der Waals surface area contributed by atoms with E-state index >= 15 is 0 Å². The first kappa shape index (κ1) is 25.9. The Morgan fingerprint density at radius 2 is 1.20 bits per heavy atom. The molecule has 12 nitrogen and oxygen atoms in total. The Morgan fingerprint density at radius 3 is 1.28 bits per heavy atom. The van der Waals surface area contributed by atoms with Gasteiger partial charge in [0.2, 0.25) is 0 Å². The van der Waals surface area contributed by atoms with Crippen molar-refractivity contribution in [3.8, 4) is 12.4 Å². The minimum atomic E-state index is 0. The first-order valence-electron chi connectivity index (χ1n) is 5.61. The Morgan fingerprint density at radius 1 is 0.840 bits per heavy atom. The molecule has 2 rings (SSSR count). The van der Waals surface area contributed by atoms with Gasteiger partial charge in [0.15, 0.2) is 0 Å². The Bertz CT molecular complexity index is 659. The van der Waals surface area contributed by atoms with Crippen LogP contribution in [0.25, 0.3) is 10.8 Å². The van der Waals surface area contributed by atoms with Crippen LogP contribution in [-0.2, 0) is 17.1 Å². The first-order valence-corrected chi connectivity index (χ1v) is 5.61. The van der Waals surface area contributed by atoms with Crippen LogP contribution in [0.2, 0.25) is 0 Å². The zero-order valence-electron chi connectivity index (χ0n) is 12.4. The van der Waals surface area contributed by atoms with Gasteiger partial charge >= 0.3 is 17.1 Å². The maximum absolute atomic E-state index is 7.43. The standard InChI is InChI=1S/2C4H5N3.2C2N3.Cu/c2*5-4-1-2-6-3-7-4;2*3-1-5-2-4;/h2*1-3H,(H2,5,6,7);;;/q;;2*-1;+2. The molecule has 0 bridgehead atoms. The molecule has 0 unspecified atom stereocenters. The van der Waals surface area contributed by atoms with E-state index in [1.54, 1.807) is 24.5 Å². The molecule has 2 aromatic rings. The van der Waals surface area contributed by atoms with Crippen molar-refractivity contribution < 1.29 is 17.1 Å². The molecule has 0 amide bonds. The number of hydrogen-bond acceptors (Lipinski definition) is 10. The number of nitrogens with two attached hydrogens (primary N) is 2. The van der Waals surface area contributed by atoms with Crippen LogP contribution >= 0.6 is 0 Å². The van der Waals surface area contributed by atoms with Gasteiger partial charge in [-0.15, -0.1) is 12.0 Å². The van der Waals surface area contributed by atoms with E-state index in [4.69, 9.17) is 32.8 Å². The summed E-state index contributed by atoms with van der Waals surface area (Å²) >= 11 is 0. The largest absolute Gasteiger partial charge is 2.00 e. The van der Waals surface area contributed by atoms with E-state index in [1.165, 1.54) is 37.1 Å². The van der Waals surface area contributed by atoms with Crippen molar-refractivity contribution in [1.82, 2.24) is 19.9 Å². The van der Waals surface area contributed by atoms with Crippen molar-refractivity contribution in [3.63, 3.8) is 0 Å². The summed E-state index contributed by atoms with van der Waals surface area (Å²) in [5, 5.41) is 29.7. The summed E-state index contributed by atoms with van der Waals surface area (Å²) in [6.07, 6.45) is 8.59. The third-order valence-corrected chi connectivity index (χ3v) is 1.41. The Balaban J connectivity index is -0.000000259. The molecule has 0 saturated heterocycles. The number of aliphatic imine (C=N–C) groups is 2. The van der Waals surface area contributed by atoms with Crippen LogP contribution in [0, 0.1) is 22.9 Å². The summed E-state index contributed by atoms with van der Waals surface area (Å²) in [6.45, 7) is 0. The van der Waals surface area contributed by atoms with Crippen molar-refractivity contribution in [2.75, 3.05) is 11.5 Å². The van der Waals surface area contributed by atoms with Gasteiger partial charge in [-0.1, -0.05) is 0 Å². The van der Waals surface area contributed by atoms with E-state index in [9.17, 15) is 0 Å². The second-order valence-corrected chi connectivity index (χ2v) is 2.89. The molecular formula is C12H10CuN12. The van der Waals surface area contributed by atoms with Gasteiger partial charge < -0.3 is 32.3 Å². The molecule has 129 valence electrons. The quantitative estimate of drug-likeness (QED) is 0.368. The molecule has 0 aliphatic rings. The average Bonchev–Trinajstić information content (AvgIpc) is 2.59. The summed E-state index contributed by atoms with van der Waals surface area (Å²) in [6, 6.07) is 5.84. The number of nitriles is 2. The summed E-state index contributed by atoms with van der Waals surface area (Å²) in [5.74, 6) is 1.02. The molecule has 0 aromatic carbocycles. The molecule has 0 saturated carbocycles. The summed E-state index contributed by atoms with van der Waals surface area (Å²) in [7, 11) is 0. The fraction of sp³-hybridized carbons (Fsp3) is 0. The van der Waals surface area contributed by atoms with E-state index in [0.717, 1.165) is 0 Å². The predicted molar refractivity (Wildman–Crippen MR) is 85.7 cm³/mol. The minimum Gasteiger partial charge on any atom is -0.422 e. The Hall–Kier alpha value is -3.98. The van der Waals surface area contributed by atoms with Crippen LogP contribution in [0.15, 0.2) is 47.2 Å². The van der Waals surface area contributed by atoms with E-state index in [0.29, 0.717) is 11.6 Å². The molecule has 4 N–H and O–H groups in total. The SMILES string of the molecule is N#CN=C=[N-].N#CN=C=[N-].Nc1ccncn1.Nc1ccncn1.[Cu+2]. The van der Waals surface area contributed by atoms with Gasteiger partial charge in [0.05, 0.1) is 12.4 Å². The maximum Gasteiger partial charge on any atom is 2.00 e. The monoisotopic (exact) mass is 385 g/mol. The third kappa shape index (κ3) is 25.3. The van der Waals surface area contributed by atoms with E-state index in [2.05, 4.69) is 29.9 Å². The second-order valence-electron chi connectivity index (χ2n) is 2.89. The number of hydrogen-bond donors (Lipinski definition) is 2. The van der Waals surface area contributed by atoms with Crippen molar-refractivity contribution in [2.45, 2.75) is 0 Å². The van der Waals surface area contributed by atoms with Gasteiger partial charge in [0.25, 0.3) is 0 Å². The number of anilines is 2. The van der Waals surface area contributed by atoms with Crippen molar-refractivity contribution >= 4 is 23.7 Å². The van der Waals surface area contributed by atoms with Gasteiger partial charge in [-0.25, -0.2) is 19.9 Å². The van der Waals surface area contributed by atoms with Crippen LogP contribution in [0.5, 0.6) is 0 Å². The second kappa shape index (κ2) is 22.3. The van der Waals surface area contributed by atoms with E-state index in [1.807, 2.05) is 0 Å². The molecular weight excluding hydrogens is 376 g/mol. The number of nitrogens with zero attached hydrogens (tertiary/aromatic N) is 10. The number of aromatic nitrogens is 4. The smallest absolute Gasteiger partial charge is 0.422 e. The van der Waals surface area contributed by atoms with Gasteiger partial charge in [-0.05, 0) is 12.1 Å². The van der Waals surface area contributed by atoms with Gasteiger partial charge in [0.1, 0.15) is 24.3 Å². The maximum atomic E-state index is 7.43. The number of rotatable bonds is 0. The molecule has 0 atom stereocenters. The van der Waals surface area contributed by atoms with Crippen LogP contribution in [0.4, 0.5) is 11.6 Å². The zero-order valence-corrected chi connectivity index (χ0v) is 13.3. The molecule has 2 heterocycles. The first-order chi connectivity index (χ1) is 11.6. The van der Waals surface area contributed by atoms with Crippen molar-refractivity contribution in [2.24, 2.45) is 9.98 Å². The summed E-state index contributed by atoms with van der Waals surface area (Å²) in [5.41, 5.74) is 10.4. The molecule has 0 fully saturated rings. The minimum absolute atomic E-state index is 0. The Kier molecular flexibility index (Phi) is 23.1. The normalized spacial score (nSPS) is 6.32.